The number of thiophene rings is 1. The molecule has 0 amide bonds. The number of hydrogen-bond acceptors (Lipinski definition) is 4. The van der Waals surface area contributed by atoms with Crippen LogP contribution >= 0.6 is 27.3 Å². The van der Waals surface area contributed by atoms with Crippen LogP contribution in [-0.4, -0.2) is 18.7 Å². The van der Waals surface area contributed by atoms with Crippen LogP contribution in [0.4, 0.5) is 0 Å². The molecule has 1 aromatic heterocycles. The first kappa shape index (κ1) is 15.3. The first-order valence-corrected chi connectivity index (χ1v) is 8.23. The van der Waals surface area contributed by atoms with E-state index in [1.165, 1.54) is 11.3 Å². The molecule has 0 aliphatic carbocycles. The van der Waals surface area contributed by atoms with E-state index in [0.717, 1.165) is 26.7 Å². The molecule has 0 fully saturated rings. The van der Waals surface area contributed by atoms with Gasteiger partial charge in [0.25, 0.3) is 0 Å². The molecule has 5 heteroatoms. The molecule has 0 saturated carbocycles. The van der Waals surface area contributed by atoms with Crippen molar-refractivity contribution in [3.63, 3.8) is 0 Å². The third kappa shape index (κ3) is 3.33. The fraction of sp³-hybridized carbons (Fsp3) is 0.400. The number of esters is 1. The molecule has 2 rings (SSSR count). The van der Waals surface area contributed by atoms with Crippen molar-refractivity contribution < 1.29 is 14.3 Å². The lowest BCUT2D eigenvalue weighted by Crippen LogP contribution is -2.09. The Kier molecular flexibility index (Phi) is 5.05. The Balaban J connectivity index is 2.36. The Morgan fingerprint density at radius 2 is 2.10 bits per heavy atom. The number of carbonyl (C=O) groups is 1. The Bertz CT molecular complexity index is 621. The molecule has 108 valence electrons. The first-order valence-electron chi connectivity index (χ1n) is 6.62. The number of ether oxygens (including phenoxy) is 2. The normalized spacial score (nSPS) is 12.4. The zero-order chi connectivity index (χ0) is 14.7. The van der Waals surface area contributed by atoms with E-state index >= 15 is 0 Å². The average molecular weight is 357 g/mol. The predicted octanol–water partition coefficient (Wildman–Crippen LogP) is 5.02. The standard InChI is InChI=1S/C15H17BrO3S/c1-4-9(3)19-11-6-10-7-13(15(17)18-5-2)20-14(10)12(16)8-11/h6-9H,4-5H2,1-3H3. The first-order chi connectivity index (χ1) is 9.55. The Morgan fingerprint density at radius 3 is 2.75 bits per heavy atom. The molecule has 0 bridgehead atoms. The smallest absolute Gasteiger partial charge is 0.348 e. The predicted molar refractivity (Wildman–Crippen MR) is 85.9 cm³/mol. The number of halogens is 1. The van der Waals surface area contributed by atoms with Crippen molar-refractivity contribution in [3.8, 4) is 5.75 Å². The lowest BCUT2D eigenvalue weighted by Gasteiger charge is -2.12. The number of benzene rings is 1. The number of rotatable bonds is 5. The van der Waals surface area contributed by atoms with E-state index in [1.807, 2.05) is 25.1 Å². The lowest BCUT2D eigenvalue weighted by molar-refractivity contribution is 0.0532. The van der Waals surface area contributed by atoms with Crippen LogP contribution in [0.1, 0.15) is 36.9 Å². The van der Waals surface area contributed by atoms with Gasteiger partial charge in [0.1, 0.15) is 10.6 Å². The maximum Gasteiger partial charge on any atom is 0.348 e. The zero-order valence-corrected chi connectivity index (χ0v) is 14.1. The van der Waals surface area contributed by atoms with Crippen molar-refractivity contribution in [3.05, 3.63) is 27.5 Å². The van der Waals surface area contributed by atoms with Gasteiger partial charge in [0.15, 0.2) is 0 Å². The van der Waals surface area contributed by atoms with Gasteiger partial charge in [-0.25, -0.2) is 4.79 Å². The van der Waals surface area contributed by atoms with Gasteiger partial charge in [-0.3, -0.25) is 0 Å². The summed E-state index contributed by atoms with van der Waals surface area (Å²) in [7, 11) is 0. The summed E-state index contributed by atoms with van der Waals surface area (Å²) < 4.78 is 12.8. The highest BCUT2D eigenvalue weighted by molar-refractivity contribution is 9.10. The topological polar surface area (TPSA) is 35.5 Å². The molecule has 1 aromatic carbocycles. The van der Waals surface area contributed by atoms with Crippen molar-refractivity contribution in [2.75, 3.05) is 6.61 Å². The van der Waals surface area contributed by atoms with E-state index in [0.29, 0.717) is 11.5 Å². The monoisotopic (exact) mass is 356 g/mol. The third-order valence-corrected chi connectivity index (χ3v) is 4.99. The minimum atomic E-state index is -0.273. The van der Waals surface area contributed by atoms with E-state index in [4.69, 9.17) is 9.47 Å². The second-order valence-electron chi connectivity index (χ2n) is 4.49. The quantitative estimate of drug-likeness (QED) is 0.705. The maximum atomic E-state index is 11.8. The third-order valence-electron chi connectivity index (χ3n) is 2.93. The molecular weight excluding hydrogens is 340 g/mol. The van der Waals surface area contributed by atoms with Crippen LogP contribution in [0.5, 0.6) is 5.75 Å². The summed E-state index contributed by atoms with van der Waals surface area (Å²) in [6, 6.07) is 5.76. The summed E-state index contributed by atoms with van der Waals surface area (Å²) in [5.74, 6) is 0.539. The molecule has 0 radical (unpaired) electrons. The summed E-state index contributed by atoms with van der Waals surface area (Å²) in [4.78, 5) is 12.4. The van der Waals surface area contributed by atoms with Gasteiger partial charge in [-0.15, -0.1) is 11.3 Å². The molecule has 0 aliphatic heterocycles. The van der Waals surface area contributed by atoms with Gasteiger partial charge in [0, 0.05) is 9.17 Å². The zero-order valence-electron chi connectivity index (χ0n) is 11.7. The Morgan fingerprint density at radius 1 is 1.35 bits per heavy atom. The van der Waals surface area contributed by atoms with Crippen LogP contribution in [-0.2, 0) is 4.74 Å². The van der Waals surface area contributed by atoms with E-state index in [-0.39, 0.29) is 12.1 Å². The summed E-state index contributed by atoms with van der Waals surface area (Å²) in [5, 5.41) is 0.991. The lowest BCUT2D eigenvalue weighted by atomic mass is 10.2. The van der Waals surface area contributed by atoms with Crippen LogP contribution in [0.2, 0.25) is 0 Å². The van der Waals surface area contributed by atoms with Crippen molar-refractivity contribution in [1.82, 2.24) is 0 Å². The molecule has 0 aliphatic rings. The number of carbonyl (C=O) groups excluding carboxylic acids is 1. The summed E-state index contributed by atoms with van der Waals surface area (Å²) >= 11 is 4.97. The molecule has 0 saturated heterocycles. The van der Waals surface area contributed by atoms with E-state index in [1.54, 1.807) is 6.92 Å². The number of hydrogen-bond donors (Lipinski definition) is 0. The molecule has 20 heavy (non-hydrogen) atoms. The van der Waals surface area contributed by atoms with Gasteiger partial charge < -0.3 is 9.47 Å². The van der Waals surface area contributed by atoms with Gasteiger partial charge >= 0.3 is 5.97 Å². The Labute approximate surface area is 131 Å². The molecule has 1 atom stereocenters. The van der Waals surface area contributed by atoms with Crippen LogP contribution in [0, 0.1) is 0 Å². The van der Waals surface area contributed by atoms with Crippen LogP contribution in [0.15, 0.2) is 22.7 Å². The van der Waals surface area contributed by atoms with Crippen molar-refractivity contribution in [2.45, 2.75) is 33.3 Å². The van der Waals surface area contributed by atoms with Crippen LogP contribution in [0.25, 0.3) is 10.1 Å². The van der Waals surface area contributed by atoms with Gasteiger partial charge in [0.2, 0.25) is 0 Å². The summed E-state index contributed by atoms with van der Waals surface area (Å²) in [6.07, 6.45) is 1.12. The molecule has 0 spiro atoms. The van der Waals surface area contributed by atoms with Gasteiger partial charge in [0.05, 0.1) is 12.7 Å². The molecular formula is C15H17BrO3S. The van der Waals surface area contributed by atoms with Crippen molar-refractivity contribution in [2.24, 2.45) is 0 Å². The Hall–Kier alpha value is -1.07. The average Bonchev–Trinajstić information content (AvgIpc) is 2.83. The number of fused-ring (bicyclic) bond motifs is 1. The van der Waals surface area contributed by atoms with Crippen LogP contribution < -0.4 is 4.74 Å². The molecule has 0 N–H and O–H groups in total. The van der Waals surface area contributed by atoms with Gasteiger partial charge in [-0.1, -0.05) is 6.92 Å². The SMILES string of the molecule is CCOC(=O)c1cc2cc(OC(C)CC)cc(Br)c2s1. The molecule has 1 unspecified atom stereocenters. The molecule has 3 nitrogen and oxygen atoms in total. The second kappa shape index (κ2) is 6.59. The molecule has 1 heterocycles. The fourth-order valence-electron chi connectivity index (χ4n) is 1.77. The minimum absolute atomic E-state index is 0.169. The van der Waals surface area contributed by atoms with Crippen LogP contribution in [0.3, 0.4) is 0 Å². The van der Waals surface area contributed by atoms with Crippen molar-refractivity contribution in [1.29, 1.82) is 0 Å². The maximum absolute atomic E-state index is 11.8. The second-order valence-corrected chi connectivity index (χ2v) is 6.40. The summed E-state index contributed by atoms with van der Waals surface area (Å²) in [5.41, 5.74) is 0. The minimum Gasteiger partial charge on any atom is -0.491 e. The highest BCUT2D eigenvalue weighted by Crippen LogP contribution is 2.36. The fourth-order valence-corrected chi connectivity index (χ4v) is 3.41. The highest BCUT2D eigenvalue weighted by atomic mass is 79.9. The van der Waals surface area contributed by atoms with E-state index in [9.17, 15) is 4.79 Å². The van der Waals surface area contributed by atoms with E-state index < -0.39 is 0 Å². The van der Waals surface area contributed by atoms with Gasteiger partial charge in [-0.05, 0) is 59.8 Å². The molecule has 2 aromatic rings. The summed E-state index contributed by atoms with van der Waals surface area (Å²) in [6.45, 7) is 6.31. The highest BCUT2D eigenvalue weighted by Gasteiger charge is 2.14. The van der Waals surface area contributed by atoms with E-state index in [2.05, 4.69) is 22.9 Å². The largest absolute Gasteiger partial charge is 0.491 e. The van der Waals surface area contributed by atoms with Gasteiger partial charge in [-0.2, -0.15) is 0 Å². The van der Waals surface area contributed by atoms with Crippen molar-refractivity contribution >= 4 is 43.3 Å².